The van der Waals surface area contributed by atoms with Crippen molar-refractivity contribution in [3.05, 3.63) is 32.1 Å². The molecule has 14 heteroatoms. The number of hydrogen-bond donors (Lipinski definition) is 2. The quantitative estimate of drug-likeness (QED) is 0.412. The van der Waals surface area contributed by atoms with E-state index in [4.69, 9.17) is 0 Å². The number of hydrogen-bond acceptors (Lipinski definition) is 9. The zero-order valence-electron chi connectivity index (χ0n) is 16.6. The molecule has 0 radical (unpaired) electrons. The third kappa shape index (κ3) is 4.01. The summed E-state index contributed by atoms with van der Waals surface area (Å²) in [4.78, 5) is 38.7. The molecular formula is C17H17BrN6O4S3. The molecule has 4 heterocycles. The van der Waals surface area contributed by atoms with Crippen molar-refractivity contribution in [2.24, 2.45) is 7.05 Å². The number of rotatable bonds is 6. The number of aryl methyl sites for hydroxylation is 2. The highest BCUT2D eigenvalue weighted by molar-refractivity contribution is 9.10. The van der Waals surface area contributed by atoms with Gasteiger partial charge in [0.05, 0.1) is 10.2 Å². The molecule has 2 aliphatic rings. The molecule has 164 valence electrons. The van der Waals surface area contributed by atoms with Gasteiger partial charge in [0, 0.05) is 18.6 Å². The highest BCUT2D eigenvalue weighted by Crippen LogP contribution is 2.42. The molecule has 2 aromatic rings. The second kappa shape index (κ2) is 8.56. The van der Waals surface area contributed by atoms with Crippen LogP contribution in [0.4, 0.5) is 0 Å². The molecule has 1 fully saturated rings. The fourth-order valence-electron chi connectivity index (χ4n) is 3.22. The molecule has 2 aliphatic heterocycles. The van der Waals surface area contributed by atoms with Gasteiger partial charge in [-0.3, -0.25) is 19.2 Å². The number of nitrogens with zero attached hydrogens (tertiary/aromatic N) is 5. The maximum absolute atomic E-state index is 12.8. The first kappa shape index (κ1) is 22.3. The van der Waals surface area contributed by atoms with Crippen LogP contribution in [0.15, 0.2) is 20.1 Å². The lowest BCUT2D eigenvalue weighted by Crippen LogP contribution is -2.70. The summed E-state index contributed by atoms with van der Waals surface area (Å²) in [6.07, 6.45) is 0. The Kier molecular flexibility index (Phi) is 6.16. The van der Waals surface area contributed by atoms with Crippen LogP contribution in [0.2, 0.25) is 0 Å². The summed E-state index contributed by atoms with van der Waals surface area (Å²) in [5, 5.41) is 25.0. The number of carboxylic acid groups (broad SMARTS) is 1. The van der Waals surface area contributed by atoms with E-state index in [1.807, 2.05) is 13.8 Å². The van der Waals surface area contributed by atoms with E-state index >= 15 is 0 Å². The Bertz CT molecular complexity index is 1130. The van der Waals surface area contributed by atoms with E-state index in [9.17, 15) is 19.5 Å². The number of nitrogens with one attached hydrogen (secondary N) is 1. The zero-order chi connectivity index (χ0) is 22.4. The van der Waals surface area contributed by atoms with Crippen LogP contribution >= 0.6 is 50.8 Å². The van der Waals surface area contributed by atoms with Crippen LogP contribution in [0.5, 0.6) is 0 Å². The number of carboxylic acids is 1. The molecule has 0 spiro atoms. The predicted molar refractivity (Wildman–Crippen MR) is 120 cm³/mol. The number of halogens is 1. The number of thioether (sulfide) groups is 2. The molecule has 0 saturated carbocycles. The van der Waals surface area contributed by atoms with Crippen molar-refractivity contribution in [1.29, 1.82) is 0 Å². The molecule has 0 unspecified atom stereocenters. The second-order valence-electron chi connectivity index (χ2n) is 6.87. The smallest absolute Gasteiger partial charge is 0.352 e. The van der Waals surface area contributed by atoms with Gasteiger partial charge in [0.25, 0.3) is 11.8 Å². The van der Waals surface area contributed by atoms with Gasteiger partial charge in [-0.2, -0.15) is 5.10 Å². The van der Waals surface area contributed by atoms with Crippen molar-refractivity contribution in [2.75, 3.05) is 11.5 Å². The first-order chi connectivity index (χ1) is 14.7. The number of aromatic nitrogens is 4. The molecule has 0 aliphatic carbocycles. The van der Waals surface area contributed by atoms with Crippen LogP contribution in [-0.2, 0) is 16.6 Å². The SMILES string of the molecule is Cc1nnc(SCC2=C(C(=O)O)N3C(=O)[C@H](NC(=O)c4nn(C)c(C)c4Br)[C@@H]3SC2)s1. The molecule has 2 aromatic heterocycles. The molecular weight excluding hydrogens is 528 g/mol. The summed E-state index contributed by atoms with van der Waals surface area (Å²) in [7, 11) is 1.72. The highest BCUT2D eigenvalue weighted by atomic mass is 79.9. The predicted octanol–water partition coefficient (Wildman–Crippen LogP) is 1.80. The van der Waals surface area contributed by atoms with Crippen molar-refractivity contribution in [2.45, 2.75) is 29.6 Å². The molecule has 2 atom stereocenters. The zero-order valence-corrected chi connectivity index (χ0v) is 20.6. The Labute approximate surface area is 198 Å². The summed E-state index contributed by atoms with van der Waals surface area (Å²) < 4.78 is 2.88. The first-order valence-corrected chi connectivity index (χ1v) is 12.7. The average Bonchev–Trinajstić information content (AvgIpc) is 3.27. The first-order valence-electron chi connectivity index (χ1n) is 9.02. The minimum Gasteiger partial charge on any atom is -0.477 e. The molecule has 0 aromatic carbocycles. The van der Waals surface area contributed by atoms with Gasteiger partial charge in [0.15, 0.2) is 10.0 Å². The monoisotopic (exact) mass is 544 g/mol. The number of β-lactam (4-membered cyclic amide) rings is 1. The third-order valence-electron chi connectivity index (χ3n) is 4.89. The summed E-state index contributed by atoms with van der Waals surface area (Å²) >= 11 is 7.61. The Hall–Kier alpha value is -1.90. The van der Waals surface area contributed by atoms with Crippen molar-refractivity contribution >= 4 is 68.6 Å². The van der Waals surface area contributed by atoms with E-state index in [1.165, 1.54) is 39.8 Å². The number of carbonyl (C=O) groups is 3. The molecule has 2 N–H and O–H groups in total. The van der Waals surface area contributed by atoms with E-state index in [0.717, 1.165) is 15.0 Å². The van der Waals surface area contributed by atoms with Crippen LogP contribution in [0.25, 0.3) is 0 Å². The lowest BCUT2D eigenvalue weighted by atomic mass is 10.0. The minimum absolute atomic E-state index is 0.0113. The highest BCUT2D eigenvalue weighted by Gasteiger charge is 2.54. The standard InChI is InChI=1S/C17H17BrN6O4S3/c1-6-9(18)10(22-23(6)3)13(25)19-11-14(26)24-12(16(27)28)8(4-29-15(11)24)5-30-17-21-20-7(2)31-17/h11,15H,4-5H2,1-3H3,(H,19,25)(H,27,28)/t11-,15-/m0/s1. The number of aliphatic carboxylic acids is 1. The molecule has 4 rings (SSSR count). The summed E-state index contributed by atoms with van der Waals surface area (Å²) in [6.45, 7) is 3.66. The maximum Gasteiger partial charge on any atom is 0.352 e. The second-order valence-corrected chi connectivity index (χ2v) is 11.2. The van der Waals surface area contributed by atoms with E-state index < -0.39 is 29.2 Å². The lowest BCUT2D eigenvalue weighted by Gasteiger charge is -2.49. The molecule has 2 amide bonds. The van der Waals surface area contributed by atoms with E-state index in [-0.39, 0.29) is 11.4 Å². The Morgan fingerprint density at radius 3 is 2.68 bits per heavy atom. The minimum atomic E-state index is -1.16. The van der Waals surface area contributed by atoms with Crippen molar-refractivity contribution in [3.8, 4) is 0 Å². The van der Waals surface area contributed by atoms with Gasteiger partial charge in [-0.15, -0.1) is 22.0 Å². The number of fused-ring (bicyclic) bond motifs is 1. The van der Waals surface area contributed by atoms with Crippen molar-refractivity contribution < 1.29 is 19.5 Å². The topological polar surface area (TPSA) is 130 Å². The summed E-state index contributed by atoms with van der Waals surface area (Å²) in [6, 6.07) is -0.805. The van der Waals surface area contributed by atoms with E-state index in [0.29, 0.717) is 21.6 Å². The Balaban J connectivity index is 1.49. The fraction of sp³-hybridized carbons (Fsp3) is 0.412. The van der Waals surface area contributed by atoms with Gasteiger partial charge in [-0.1, -0.05) is 23.1 Å². The van der Waals surface area contributed by atoms with Gasteiger partial charge >= 0.3 is 5.97 Å². The van der Waals surface area contributed by atoms with Crippen LogP contribution in [0.3, 0.4) is 0 Å². The number of amides is 2. The van der Waals surface area contributed by atoms with Crippen LogP contribution in [0.1, 0.15) is 21.2 Å². The number of carbonyl (C=O) groups excluding carboxylic acids is 2. The van der Waals surface area contributed by atoms with E-state index in [2.05, 4.69) is 36.5 Å². The van der Waals surface area contributed by atoms with E-state index in [1.54, 1.807) is 11.7 Å². The normalized spacial score (nSPS) is 20.5. The Morgan fingerprint density at radius 2 is 2.10 bits per heavy atom. The van der Waals surface area contributed by atoms with Gasteiger partial charge in [-0.05, 0) is 35.4 Å². The van der Waals surface area contributed by atoms with Crippen molar-refractivity contribution in [1.82, 2.24) is 30.2 Å². The maximum atomic E-state index is 12.8. The molecule has 1 saturated heterocycles. The van der Waals surface area contributed by atoms with Crippen molar-refractivity contribution in [3.63, 3.8) is 0 Å². The third-order valence-corrected chi connectivity index (χ3v) is 9.24. The molecule has 31 heavy (non-hydrogen) atoms. The van der Waals surface area contributed by atoms with Crippen LogP contribution in [-0.4, -0.2) is 70.7 Å². The van der Waals surface area contributed by atoms with Gasteiger partial charge < -0.3 is 10.4 Å². The van der Waals surface area contributed by atoms with Gasteiger partial charge in [0.2, 0.25) is 0 Å². The largest absolute Gasteiger partial charge is 0.477 e. The molecule has 0 bridgehead atoms. The molecule has 10 nitrogen and oxygen atoms in total. The van der Waals surface area contributed by atoms with Gasteiger partial charge in [-0.25, -0.2) is 4.79 Å². The van der Waals surface area contributed by atoms with Crippen LogP contribution in [0, 0.1) is 13.8 Å². The average molecular weight is 545 g/mol. The lowest BCUT2D eigenvalue weighted by molar-refractivity contribution is -0.148. The van der Waals surface area contributed by atoms with Gasteiger partial charge in [0.1, 0.15) is 22.1 Å². The fourth-order valence-corrected chi connectivity index (χ4v) is 7.03. The summed E-state index contributed by atoms with van der Waals surface area (Å²) in [5.74, 6) is -1.24. The summed E-state index contributed by atoms with van der Waals surface area (Å²) in [5.41, 5.74) is 1.60. The van der Waals surface area contributed by atoms with Crippen LogP contribution < -0.4 is 5.32 Å². The Morgan fingerprint density at radius 1 is 1.35 bits per heavy atom.